The van der Waals surface area contributed by atoms with E-state index in [4.69, 9.17) is 29.0 Å². The zero-order chi connectivity index (χ0) is 27.6. The molecule has 7 nitrogen and oxygen atoms in total. The van der Waals surface area contributed by atoms with Crippen LogP contribution in [0.15, 0.2) is 91.0 Å². The summed E-state index contributed by atoms with van der Waals surface area (Å²) in [5.74, 6) is 2.62. The average molecular weight is 532 g/mol. The molecule has 200 valence electrons. The molecule has 0 unspecified atom stereocenters. The molecule has 0 radical (unpaired) electrons. The van der Waals surface area contributed by atoms with Crippen molar-refractivity contribution in [3.8, 4) is 39.9 Å². The fourth-order valence-electron chi connectivity index (χ4n) is 5.15. The van der Waals surface area contributed by atoms with Gasteiger partial charge in [0.15, 0.2) is 17.1 Å². The summed E-state index contributed by atoms with van der Waals surface area (Å²) in [5.41, 5.74) is 5.25. The van der Waals surface area contributed by atoms with Gasteiger partial charge in [-0.3, -0.25) is 0 Å². The van der Waals surface area contributed by atoms with E-state index in [-0.39, 0.29) is 0 Å². The summed E-state index contributed by atoms with van der Waals surface area (Å²) in [6.45, 7) is 0. The predicted molar refractivity (Wildman–Crippen MR) is 157 cm³/mol. The summed E-state index contributed by atoms with van der Waals surface area (Å²) in [6, 6.07) is 30.1. The molecule has 6 aromatic rings. The molecule has 0 spiro atoms. The molecule has 40 heavy (non-hydrogen) atoms. The van der Waals surface area contributed by atoms with Gasteiger partial charge in [0.1, 0.15) is 11.5 Å². The molecule has 0 aliphatic heterocycles. The summed E-state index contributed by atoms with van der Waals surface area (Å²) in [4.78, 5) is 5.30. The van der Waals surface area contributed by atoms with Gasteiger partial charge in [-0.25, -0.2) is 9.67 Å². The van der Waals surface area contributed by atoms with Gasteiger partial charge in [-0.05, 0) is 48.0 Å². The van der Waals surface area contributed by atoms with E-state index in [0.717, 1.165) is 50.0 Å². The molecule has 0 saturated carbocycles. The Labute approximate surface area is 232 Å². The molecule has 7 heteroatoms. The highest BCUT2D eigenvalue weighted by molar-refractivity contribution is 6.13. The van der Waals surface area contributed by atoms with Crippen LogP contribution in [-0.4, -0.2) is 43.2 Å². The Balaban J connectivity index is 1.77. The second kappa shape index (κ2) is 10.6. The smallest absolute Gasteiger partial charge is 0.164 e. The highest BCUT2D eigenvalue weighted by Gasteiger charge is 2.23. The van der Waals surface area contributed by atoms with Gasteiger partial charge in [0.25, 0.3) is 0 Å². The third-order valence-corrected chi connectivity index (χ3v) is 7.08. The van der Waals surface area contributed by atoms with Crippen LogP contribution in [0.5, 0.6) is 23.0 Å². The molecule has 0 fully saturated rings. The summed E-state index contributed by atoms with van der Waals surface area (Å²) in [7, 11) is 6.58. The molecule has 2 aromatic heterocycles. The molecular weight excluding hydrogens is 502 g/mol. The molecule has 2 heterocycles. The second-order valence-electron chi connectivity index (χ2n) is 9.33. The summed E-state index contributed by atoms with van der Waals surface area (Å²) >= 11 is 0. The Morgan fingerprint density at radius 2 is 1.30 bits per heavy atom. The lowest BCUT2D eigenvalue weighted by Gasteiger charge is -2.16. The first-order chi connectivity index (χ1) is 19.6. The fourth-order valence-corrected chi connectivity index (χ4v) is 5.15. The van der Waals surface area contributed by atoms with Gasteiger partial charge >= 0.3 is 0 Å². The first-order valence-electron chi connectivity index (χ1n) is 12.9. The molecule has 0 amide bonds. The minimum absolute atomic E-state index is 0.610. The first-order valence-corrected chi connectivity index (χ1v) is 12.9. The van der Waals surface area contributed by atoms with Crippen molar-refractivity contribution in [1.82, 2.24) is 14.8 Å². The van der Waals surface area contributed by atoms with Crippen LogP contribution in [0.3, 0.4) is 0 Å². The fraction of sp³-hybridized carbons (Fsp3) is 0.152. The number of aromatic nitrogens is 3. The van der Waals surface area contributed by atoms with E-state index in [0.29, 0.717) is 29.4 Å². The van der Waals surface area contributed by atoms with E-state index in [1.807, 2.05) is 83.5 Å². The number of fused-ring (bicyclic) bond motifs is 3. The Hall–Kier alpha value is -5.04. The Bertz CT molecular complexity index is 1820. The SMILES string of the molecule is COc1ccc(OC)c(-c2nc3c(c(Cc4ccccc4)nn3-c3ccccc3)c3cc(OC)c(OC)cc23)c1. The van der Waals surface area contributed by atoms with Gasteiger partial charge in [-0.2, -0.15) is 5.10 Å². The molecule has 4 aromatic carbocycles. The standard InChI is InChI=1S/C33H29N3O4/c1-37-23-15-16-28(38-2)26(18-23)32-25-20-30(40-4)29(39-3)19-24(25)31-27(17-21-11-7-5-8-12-21)35-36(33(31)34-32)22-13-9-6-10-14-22/h5-16,18-20H,17H2,1-4H3. The van der Waals surface area contributed by atoms with Crippen LogP contribution in [-0.2, 0) is 6.42 Å². The van der Waals surface area contributed by atoms with Gasteiger partial charge in [-0.15, -0.1) is 0 Å². The predicted octanol–water partition coefficient (Wildman–Crippen LogP) is 6.87. The molecule has 0 N–H and O–H groups in total. The second-order valence-corrected chi connectivity index (χ2v) is 9.33. The van der Waals surface area contributed by atoms with E-state index in [9.17, 15) is 0 Å². The molecule has 0 atom stereocenters. The van der Waals surface area contributed by atoms with Gasteiger partial charge in [0.05, 0.1) is 50.9 Å². The van der Waals surface area contributed by atoms with Crippen LogP contribution >= 0.6 is 0 Å². The van der Waals surface area contributed by atoms with E-state index >= 15 is 0 Å². The van der Waals surface area contributed by atoms with Gasteiger partial charge in [0.2, 0.25) is 0 Å². The van der Waals surface area contributed by atoms with Crippen molar-refractivity contribution in [2.75, 3.05) is 28.4 Å². The van der Waals surface area contributed by atoms with Crippen LogP contribution in [0.25, 0.3) is 38.8 Å². The summed E-state index contributed by atoms with van der Waals surface area (Å²) < 4.78 is 24.8. The van der Waals surface area contributed by atoms with Gasteiger partial charge < -0.3 is 18.9 Å². The number of hydrogen-bond acceptors (Lipinski definition) is 6. The lowest BCUT2D eigenvalue weighted by Crippen LogP contribution is -2.00. The third-order valence-electron chi connectivity index (χ3n) is 7.08. The quantitative estimate of drug-likeness (QED) is 0.214. The van der Waals surface area contributed by atoms with Crippen LogP contribution in [0.2, 0.25) is 0 Å². The molecular formula is C33H29N3O4. The number of benzene rings is 4. The maximum atomic E-state index is 5.79. The largest absolute Gasteiger partial charge is 0.497 e. The number of methoxy groups -OCH3 is 4. The van der Waals surface area contributed by atoms with Gasteiger partial charge in [0, 0.05) is 22.8 Å². The van der Waals surface area contributed by atoms with E-state index in [1.54, 1.807) is 28.4 Å². The molecule has 0 bridgehead atoms. The number of hydrogen-bond donors (Lipinski definition) is 0. The lowest BCUT2D eigenvalue weighted by molar-refractivity contribution is 0.356. The van der Waals surface area contributed by atoms with Crippen molar-refractivity contribution in [3.05, 3.63) is 102 Å². The van der Waals surface area contributed by atoms with Crippen molar-refractivity contribution in [2.45, 2.75) is 6.42 Å². The Morgan fingerprint density at radius 1 is 0.650 bits per heavy atom. The zero-order valence-corrected chi connectivity index (χ0v) is 22.8. The Kier molecular flexibility index (Phi) is 6.70. The van der Waals surface area contributed by atoms with Crippen LogP contribution in [0.1, 0.15) is 11.3 Å². The molecule has 0 saturated heterocycles. The van der Waals surface area contributed by atoms with Crippen molar-refractivity contribution in [3.63, 3.8) is 0 Å². The summed E-state index contributed by atoms with van der Waals surface area (Å²) in [5, 5.41) is 7.94. The minimum atomic E-state index is 0.610. The van der Waals surface area contributed by atoms with Crippen molar-refractivity contribution in [1.29, 1.82) is 0 Å². The van der Waals surface area contributed by atoms with E-state index in [2.05, 4.69) is 12.1 Å². The normalized spacial score (nSPS) is 11.1. The molecule has 0 aliphatic rings. The van der Waals surface area contributed by atoms with E-state index < -0.39 is 0 Å². The van der Waals surface area contributed by atoms with Crippen molar-refractivity contribution < 1.29 is 18.9 Å². The topological polar surface area (TPSA) is 67.6 Å². The van der Waals surface area contributed by atoms with Crippen LogP contribution in [0.4, 0.5) is 0 Å². The lowest BCUT2D eigenvalue weighted by atomic mass is 9.98. The number of para-hydroxylation sites is 1. The summed E-state index contributed by atoms with van der Waals surface area (Å²) in [6.07, 6.45) is 0.643. The number of rotatable bonds is 8. The van der Waals surface area contributed by atoms with Crippen LogP contribution < -0.4 is 18.9 Å². The number of pyridine rings is 1. The first kappa shape index (κ1) is 25.2. The average Bonchev–Trinajstić information content (AvgIpc) is 3.38. The minimum Gasteiger partial charge on any atom is -0.497 e. The Morgan fingerprint density at radius 3 is 1.95 bits per heavy atom. The maximum Gasteiger partial charge on any atom is 0.164 e. The number of nitrogens with zero attached hydrogens (tertiary/aromatic N) is 3. The van der Waals surface area contributed by atoms with E-state index in [1.165, 1.54) is 0 Å². The highest BCUT2D eigenvalue weighted by atomic mass is 16.5. The van der Waals surface area contributed by atoms with Crippen LogP contribution in [0, 0.1) is 0 Å². The van der Waals surface area contributed by atoms with Crippen molar-refractivity contribution >= 4 is 21.8 Å². The zero-order valence-electron chi connectivity index (χ0n) is 22.8. The van der Waals surface area contributed by atoms with Gasteiger partial charge in [-0.1, -0.05) is 48.5 Å². The van der Waals surface area contributed by atoms with Crippen molar-refractivity contribution in [2.24, 2.45) is 0 Å². The highest BCUT2D eigenvalue weighted by Crippen LogP contribution is 2.44. The number of ether oxygens (including phenoxy) is 4. The monoisotopic (exact) mass is 531 g/mol. The molecule has 0 aliphatic carbocycles. The third kappa shape index (κ3) is 4.35. The molecule has 6 rings (SSSR count). The maximum absolute atomic E-state index is 5.79.